The third-order valence-electron chi connectivity index (χ3n) is 4.22. The fraction of sp³-hybridized carbons (Fsp3) is 0.588. The van der Waals surface area contributed by atoms with Crippen LogP contribution in [-0.4, -0.2) is 51.5 Å². The van der Waals surface area contributed by atoms with E-state index in [1.54, 1.807) is 7.11 Å². The van der Waals surface area contributed by atoms with Gasteiger partial charge in [-0.3, -0.25) is 4.79 Å². The van der Waals surface area contributed by atoms with Crippen molar-refractivity contribution in [2.75, 3.05) is 26.8 Å². The van der Waals surface area contributed by atoms with Crippen molar-refractivity contribution >= 4 is 15.9 Å². The van der Waals surface area contributed by atoms with Crippen LogP contribution in [0.1, 0.15) is 25.3 Å². The second-order valence-corrected chi connectivity index (χ2v) is 8.25. The van der Waals surface area contributed by atoms with E-state index in [-0.39, 0.29) is 23.6 Å². The largest absolute Gasteiger partial charge is 0.383 e. The molecule has 0 spiro atoms. The van der Waals surface area contributed by atoms with Gasteiger partial charge in [-0.25, -0.2) is 12.7 Å². The Kier molecular flexibility index (Phi) is 6.77. The second-order valence-electron chi connectivity index (χ2n) is 6.28. The summed E-state index contributed by atoms with van der Waals surface area (Å²) < 4.78 is 31.5. The lowest BCUT2D eigenvalue weighted by molar-refractivity contribution is -0.127. The third-order valence-corrected chi connectivity index (χ3v) is 6.07. The van der Waals surface area contributed by atoms with Crippen LogP contribution in [0.25, 0.3) is 0 Å². The molecule has 1 fully saturated rings. The fourth-order valence-corrected chi connectivity index (χ4v) is 4.49. The highest BCUT2D eigenvalue weighted by molar-refractivity contribution is 7.88. The fourth-order valence-electron chi connectivity index (χ4n) is 2.92. The molecule has 1 aromatic rings. The highest BCUT2D eigenvalue weighted by atomic mass is 32.2. The monoisotopic (exact) mass is 354 g/mol. The molecule has 1 saturated heterocycles. The van der Waals surface area contributed by atoms with Crippen molar-refractivity contribution in [3.63, 3.8) is 0 Å². The summed E-state index contributed by atoms with van der Waals surface area (Å²) in [6.45, 7) is 3.15. The molecule has 1 heterocycles. The smallest absolute Gasteiger partial charge is 0.223 e. The summed E-state index contributed by atoms with van der Waals surface area (Å²) in [6.07, 6.45) is 1.11. The first kappa shape index (κ1) is 18.9. The molecule has 6 nitrogen and oxygen atoms in total. The number of carbonyl (C=O) groups is 1. The molecule has 0 aliphatic carbocycles. The summed E-state index contributed by atoms with van der Waals surface area (Å²) >= 11 is 0. The van der Waals surface area contributed by atoms with E-state index in [9.17, 15) is 13.2 Å². The standard InChI is InChI=1S/C17H26N2O4S/c1-14(12-23-2)18-17(20)16-8-10-19(11-9-16)24(21,22)13-15-6-4-3-5-7-15/h3-7,14,16H,8-13H2,1-2H3,(H,18,20)/t14-/m0/s1. The molecule has 0 radical (unpaired) electrons. The molecule has 0 aromatic heterocycles. The molecule has 0 unspecified atom stereocenters. The average Bonchev–Trinajstić information content (AvgIpc) is 2.55. The molecule has 1 aliphatic heterocycles. The molecule has 0 saturated carbocycles. The lowest BCUT2D eigenvalue weighted by atomic mass is 9.97. The Balaban J connectivity index is 1.86. The van der Waals surface area contributed by atoms with Crippen molar-refractivity contribution in [1.29, 1.82) is 0 Å². The van der Waals surface area contributed by atoms with Gasteiger partial charge in [-0.05, 0) is 25.3 Å². The van der Waals surface area contributed by atoms with Crippen LogP contribution in [0, 0.1) is 5.92 Å². The molecule has 24 heavy (non-hydrogen) atoms. The maximum Gasteiger partial charge on any atom is 0.223 e. The van der Waals surface area contributed by atoms with Crippen molar-refractivity contribution in [3.8, 4) is 0 Å². The maximum atomic E-state index is 12.5. The van der Waals surface area contributed by atoms with E-state index in [1.165, 1.54) is 4.31 Å². The van der Waals surface area contributed by atoms with Crippen molar-refractivity contribution in [1.82, 2.24) is 9.62 Å². The van der Waals surface area contributed by atoms with Crippen LogP contribution >= 0.6 is 0 Å². The van der Waals surface area contributed by atoms with Gasteiger partial charge in [0, 0.05) is 32.2 Å². The number of benzene rings is 1. The number of amides is 1. The van der Waals surface area contributed by atoms with Crippen LogP contribution < -0.4 is 5.32 Å². The number of sulfonamides is 1. The first-order valence-corrected chi connectivity index (χ1v) is 9.84. The van der Waals surface area contributed by atoms with Crippen LogP contribution in [-0.2, 0) is 25.3 Å². The maximum absolute atomic E-state index is 12.5. The van der Waals surface area contributed by atoms with E-state index in [0.29, 0.717) is 32.5 Å². The zero-order valence-electron chi connectivity index (χ0n) is 14.3. The van der Waals surface area contributed by atoms with Crippen LogP contribution in [0.15, 0.2) is 30.3 Å². The lowest BCUT2D eigenvalue weighted by Gasteiger charge is -2.31. The molecular formula is C17H26N2O4S. The number of hydrogen-bond acceptors (Lipinski definition) is 4. The highest BCUT2D eigenvalue weighted by Gasteiger charge is 2.31. The molecule has 1 N–H and O–H groups in total. The summed E-state index contributed by atoms with van der Waals surface area (Å²) in [5, 5.41) is 2.91. The Morgan fingerprint density at radius 3 is 2.50 bits per heavy atom. The molecule has 134 valence electrons. The number of carbonyl (C=O) groups excluding carboxylic acids is 1. The number of nitrogens with zero attached hydrogens (tertiary/aromatic N) is 1. The lowest BCUT2D eigenvalue weighted by Crippen LogP contribution is -2.45. The molecule has 1 aliphatic rings. The van der Waals surface area contributed by atoms with Crippen molar-refractivity contribution in [3.05, 3.63) is 35.9 Å². The van der Waals surface area contributed by atoms with Gasteiger partial charge in [0.05, 0.1) is 12.4 Å². The van der Waals surface area contributed by atoms with Gasteiger partial charge < -0.3 is 10.1 Å². The number of nitrogens with one attached hydrogen (secondary N) is 1. The normalized spacial score (nSPS) is 18.2. The summed E-state index contributed by atoms with van der Waals surface area (Å²) in [7, 11) is -1.74. The molecule has 1 atom stereocenters. The molecular weight excluding hydrogens is 328 g/mol. The highest BCUT2D eigenvalue weighted by Crippen LogP contribution is 2.22. The minimum Gasteiger partial charge on any atom is -0.383 e. The Bertz CT molecular complexity index is 625. The van der Waals surface area contributed by atoms with Crippen molar-refractivity contribution < 1.29 is 17.9 Å². The van der Waals surface area contributed by atoms with E-state index in [4.69, 9.17) is 4.74 Å². The van der Waals surface area contributed by atoms with Gasteiger partial charge in [-0.2, -0.15) is 0 Å². The van der Waals surface area contributed by atoms with Gasteiger partial charge in [-0.15, -0.1) is 0 Å². The number of rotatable bonds is 7. The number of piperidine rings is 1. The predicted octanol–water partition coefficient (Wildman–Crippen LogP) is 1.38. The van der Waals surface area contributed by atoms with Gasteiger partial charge in [0.2, 0.25) is 15.9 Å². The Morgan fingerprint density at radius 2 is 1.92 bits per heavy atom. The van der Waals surface area contributed by atoms with E-state index in [1.807, 2.05) is 37.3 Å². The molecule has 1 aromatic carbocycles. The Labute approximate surface area is 144 Å². The van der Waals surface area contributed by atoms with Crippen molar-refractivity contribution in [2.45, 2.75) is 31.6 Å². The van der Waals surface area contributed by atoms with E-state index in [0.717, 1.165) is 5.56 Å². The molecule has 7 heteroatoms. The molecule has 2 rings (SSSR count). The SMILES string of the molecule is COC[C@H](C)NC(=O)C1CCN(S(=O)(=O)Cc2ccccc2)CC1. The topological polar surface area (TPSA) is 75.7 Å². The van der Waals surface area contributed by atoms with Gasteiger partial charge in [-0.1, -0.05) is 30.3 Å². The Hall–Kier alpha value is -1.44. The van der Waals surface area contributed by atoms with E-state index < -0.39 is 10.0 Å². The summed E-state index contributed by atoms with van der Waals surface area (Å²) in [5.41, 5.74) is 0.783. The molecule has 0 bridgehead atoms. The summed E-state index contributed by atoms with van der Waals surface area (Å²) in [5.74, 6) is -0.137. The minimum absolute atomic E-state index is 0.00950. The van der Waals surface area contributed by atoms with Crippen LogP contribution in [0.3, 0.4) is 0 Å². The van der Waals surface area contributed by atoms with Crippen molar-refractivity contribution in [2.24, 2.45) is 5.92 Å². The van der Waals surface area contributed by atoms with Crippen LogP contribution in [0.5, 0.6) is 0 Å². The summed E-state index contributed by atoms with van der Waals surface area (Å²) in [4.78, 5) is 12.2. The third kappa shape index (κ3) is 5.29. The number of hydrogen-bond donors (Lipinski definition) is 1. The minimum atomic E-state index is -3.34. The average molecular weight is 354 g/mol. The van der Waals surface area contributed by atoms with Crippen LogP contribution in [0.4, 0.5) is 0 Å². The zero-order valence-corrected chi connectivity index (χ0v) is 15.1. The first-order valence-electron chi connectivity index (χ1n) is 8.23. The predicted molar refractivity (Wildman–Crippen MR) is 92.8 cm³/mol. The van der Waals surface area contributed by atoms with Gasteiger partial charge >= 0.3 is 0 Å². The van der Waals surface area contributed by atoms with Gasteiger partial charge in [0.15, 0.2) is 0 Å². The Morgan fingerprint density at radius 1 is 1.29 bits per heavy atom. The van der Waals surface area contributed by atoms with Gasteiger partial charge in [0.25, 0.3) is 0 Å². The second kappa shape index (κ2) is 8.60. The number of methoxy groups -OCH3 is 1. The van der Waals surface area contributed by atoms with Gasteiger partial charge in [0.1, 0.15) is 0 Å². The van der Waals surface area contributed by atoms with Crippen LogP contribution in [0.2, 0.25) is 0 Å². The quantitative estimate of drug-likeness (QED) is 0.803. The zero-order chi connectivity index (χ0) is 17.6. The van der Waals surface area contributed by atoms with E-state index >= 15 is 0 Å². The number of ether oxygens (including phenoxy) is 1. The first-order chi connectivity index (χ1) is 11.4. The molecule has 1 amide bonds. The summed E-state index contributed by atoms with van der Waals surface area (Å²) in [6, 6.07) is 9.13. The van der Waals surface area contributed by atoms with E-state index in [2.05, 4.69) is 5.32 Å².